The molecule has 2 rings (SSSR count). The summed E-state index contributed by atoms with van der Waals surface area (Å²) < 4.78 is 0. The number of aliphatic hydroxyl groups is 1. The van der Waals surface area contributed by atoms with Gasteiger partial charge in [-0.2, -0.15) is 0 Å². The Labute approximate surface area is 127 Å². The van der Waals surface area contributed by atoms with Crippen molar-refractivity contribution < 1.29 is 5.11 Å². The summed E-state index contributed by atoms with van der Waals surface area (Å²) in [4.78, 5) is 7.37. The molecule has 114 valence electrons. The molecule has 1 atom stereocenters. The first-order valence-corrected chi connectivity index (χ1v) is 8.35. The highest BCUT2D eigenvalue weighted by Crippen LogP contribution is 2.26. The fraction of sp³-hybridized carbons (Fsp3) is 0.750. The van der Waals surface area contributed by atoms with Crippen molar-refractivity contribution >= 4 is 11.3 Å². The van der Waals surface area contributed by atoms with E-state index in [-0.39, 0.29) is 0 Å². The van der Waals surface area contributed by atoms with Crippen molar-refractivity contribution in [2.75, 3.05) is 33.7 Å². The predicted octanol–water partition coefficient (Wildman–Crippen LogP) is 2.45. The van der Waals surface area contributed by atoms with Crippen LogP contribution in [0, 0.1) is 5.92 Å². The first kappa shape index (κ1) is 16.0. The Morgan fingerprint density at radius 3 is 2.70 bits per heavy atom. The summed E-state index contributed by atoms with van der Waals surface area (Å²) in [5.74, 6) is 0.721. The fourth-order valence-electron chi connectivity index (χ4n) is 3.03. The van der Waals surface area contributed by atoms with Crippen LogP contribution in [0.15, 0.2) is 12.1 Å². The van der Waals surface area contributed by atoms with Gasteiger partial charge in [-0.1, -0.05) is 13.8 Å². The van der Waals surface area contributed by atoms with Crippen molar-refractivity contribution in [1.82, 2.24) is 9.80 Å². The second kappa shape index (κ2) is 6.56. The van der Waals surface area contributed by atoms with E-state index >= 15 is 0 Å². The van der Waals surface area contributed by atoms with Gasteiger partial charge in [-0.15, -0.1) is 11.3 Å². The van der Waals surface area contributed by atoms with Gasteiger partial charge in [-0.05, 0) is 45.0 Å². The second-order valence-corrected chi connectivity index (χ2v) is 8.14. The number of likely N-dealkylation sites (tertiary alicyclic amines) is 1. The Morgan fingerprint density at radius 2 is 2.05 bits per heavy atom. The summed E-state index contributed by atoms with van der Waals surface area (Å²) in [6.07, 6.45) is 2.06. The van der Waals surface area contributed by atoms with Crippen LogP contribution in [-0.4, -0.2) is 54.2 Å². The van der Waals surface area contributed by atoms with Gasteiger partial charge in [0.2, 0.25) is 0 Å². The van der Waals surface area contributed by atoms with Crippen molar-refractivity contribution in [3.05, 3.63) is 21.9 Å². The maximum atomic E-state index is 10.6. The number of hydrogen-bond donors (Lipinski definition) is 1. The number of thiophene rings is 1. The van der Waals surface area contributed by atoms with Gasteiger partial charge in [0.1, 0.15) is 0 Å². The Kier molecular flexibility index (Phi) is 5.24. The molecule has 0 spiro atoms. The maximum Gasteiger partial charge on any atom is 0.0912 e. The fourth-order valence-corrected chi connectivity index (χ4v) is 4.31. The maximum absolute atomic E-state index is 10.6. The van der Waals surface area contributed by atoms with Crippen LogP contribution in [0.1, 0.15) is 30.0 Å². The summed E-state index contributed by atoms with van der Waals surface area (Å²) >= 11 is 1.93. The summed E-state index contributed by atoms with van der Waals surface area (Å²) in [7, 11) is 4.05. The third-order valence-corrected chi connectivity index (χ3v) is 4.82. The van der Waals surface area contributed by atoms with E-state index in [1.165, 1.54) is 16.2 Å². The van der Waals surface area contributed by atoms with Crippen LogP contribution in [0.3, 0.4) is 0 Å². The molecule has 0 bridgehead atoms. The van der Waals surface area contributed by atoms with Crippen LogP contribution in [0.25, 0.3) is 0 Å². The molecule has 1 N–H and O–H groups in total. The SMILES string of the molecule is CC(C)Cc1ccc(CN2CC[C@](O)(CN(C)C)C2)s1. The van der Waals surface area contributed by atoms with Gasteiger partial charge < -0.3 is 10.0 Å². The molecule has 1 saturated heterocycles. The lowest BCUT2D eigenvalue weighted by Gasteiger charge is -2.26. The molecule has 3 nitrogen and oxygen atoms in total. The minimum absolute atomic E-state index is 0.526. The summed E-state index contributed by atoms with van der Waals surface area (Å²) in [5, 5.41) is 10.6. The van der Waals surface area contributed by atoms with Gasteiger partial charge >= 0.3 is 0 Å². The van der Waals surface area contributed by atoms with E-state index in [9.17, 15) is 5.11 Å². The molecule has 0 aromatic carbocycles. The molecule has 20 heavy (non-hydrogen) atoms. The van der Waals surface area contributed by atoms with E-state index in [1.54, 1.807) is 0 Å². The molecule has 1 aromatic heterocycles. The molecule has 0 unspecified atom stereocenters. The Morgan fingerprint density at radius 1 is 1.35 bits per heavy atom. The average Bonchev–Trinajstić information content (AvgIpc) is 2.85. The highest BCUT2D eigenvalue weighted by atomic mass is 32.1. The van der Waals surface area contributed by atoms with Gasteiger partial charge in [0, 0.05) is 35.9 Å². The van der Waals surface area contributed by atoms with Crippen molar-refractivity contribution in [3.8, 4) is 0 Å². The molecular formula is C16H28N2OS. The highest BCUT2D eigenvalue weighted by Gasteiger charge is 2.36. The first-order chi connectivity index (χ1) is 9.36. The third kappa shape index (κ3) is 4.55. The molecule has 1 aromatic rings. The normalized spacial score (nSPS) is 24.1. The average molecular weight is 296 g/mol. The zero-order valence-corrected chi connectivity index (χ0v) is 14.0. The van der Waals surface area contributed by atoms with Crippen LogP contribution in [0.2, 0.25) is 0 Å². The monoisotopic (exact) mass is 296 g/mol. The van der Waals surface area contributed by atoms with Crippen molar-refractivity contribution in [2.24, 2.45) is 5.92 Å². The van der Waals surface area contributed by atoms with Crippen LogP contribution in [-0.2, 0) is 13.0 Å². The molecule has 0 amide bonds. The summed E-state index contributed by atoms with van der Waals surface area (Å²) in [6, 6.07) is 4.52. The van der Waals surface area contributed by atoms with E-state index in [4.69, 9.17) is 0 Å². The van der Waals surface area contributed by atoms with E-state index in [2.05, 4.69) is 35.8 Å². The number of likely N-dealkylation sites (N-methyl/N-ethyl adjacent to an activating group) is 1. The molecule has 0 saturated carbocycles. The minimum Gasteiger partial charge on any atom is -0.387 e. The van der Waals surface area contributed by atoms with Crippen molar-refractivity contribution in [2.45, 2.75) is 38.8 Å². The van der Waals surface area contributed by atoms with Crippen LogP contribution < -0.4 is 0 Å². The zero-order chi connectivity index (χ0) is 14.8. The van der Waals surface area contributed by atoms with Crippen molar-refractivity contribution in [1.29, 1.82) is 0 Å². The molecule has 0 radical (unpaired) electrons. The van der Waals surface area contributed by atoms with Crippen LogP contribution in [0.5, 0.6) is 0 Å². The molecule has 0 aliphatic carbocycles. The summed E-state index contributed by atoms with van der Waals surface area (Å²) in [6.45, 7) is 8.07. The van der Waals surface area contributed by atoms with Gasteiger partial charge in [0.15, 0.2) is 0 Å². The van der Waals surface area contributed by atoms with E-state index in [0.29, 0.717) is 0 Å². The van der Waals surface area contributed by atoms with E-state index < -0.39 is 5.60 Å². The quantitative estimate of drug-likeness (QED) is 0.873. The number of hydrogen-bond acceptors (Lipinski definition) is 4. The van der Waals surface area contributed by atoms with E-state index in [1.807, 2.05) is 25.4 Å². The lowest BCUT2D eigenvalue weighted by molar-refractivity contribution is 0.0241. The zero-order valence-electron chi connectivity index (χ0n) is 13.2. The predicted molar refractivity (Wildman–Crippen MR) is 86.3 cm³/mol. The number of rotatable bonds is 6. The van der Waals surface area contributed by atoms with E-state index in [0.717, 1.165) is 38.5 Å². The molecule has 1 fully saturated rings. The minimum atomic E-state index is -0.526. The molecular weight excluding hydrogens is 268 g/mol. The highest BCUT2D eigenvalue weighted by molar-refractivity contribution is 7.11. The Hall–Kier alpha value is -0.420. The smallest absolute Gasteiger partial charge is 0.0912 e. The van der Waals surface area contributed by atoms with Gasteiger partial charge in [-0.25, -0.2) is 0 Å². The number of nitrogens with zero attached hydrogens (tertiary/aromatic N) is 2. The molecule has 2 heterocycles. The van der Waals surface area contributed by atoms with Crippen molar-refractivity contribution in [3.63, 3.8) is 0 Å². The lowest BCUT2D eigenvalue weighted by Crippen LogP contribution is -2.42. The standard InChI is InChI=1S/C16H28N2OS/c1-13(2)9-14-5-6-15(20-14)10-18-8-7-16(19,12-18)11-17(3)4/h5-6,13,19H,7-12H2,1-4H3/t16-/m0/s1. The lowest BCUT2D eigenvalue weighted by atomic mass is 10.0. The third-order valence-electron chi connectivity index (χ3n) is 3.73. The Bertz CT molecular complexity index is 430. The molecule has 4 heteroatoms. The Balaban J connectivity index is 1.87. The molecule has 1 aliphatic heterocycles. The first-order valence-electron chi connectivity index (χ1n) is 7.53. The van der Waals surface area contributed by atoms with Gasteiger partial charge in [0.25, 0.3) is 0 Å². The van der Waals surface area contributed by atoms with Gasteiger partial charge in [0.05, 0.1) is 5.60 Å². The number of β-amino-alcohol motifs (C(OH)–C–C–N with tert-alkyl or cyclic N) is 1. The molecule has 1 aliphatic rings. The summed E-state index contributed by atoms with van der Waals surface area (Å²) in [5.41, 5.74) is -0.526. The second-order valence-electron chi connectivity index (χ2n) is 6.89. The topological polar surface area (TPSA) is 26.7 Å². The van der Waals surface area contributed by atoms with Crippen LogP contribution >= 0.6 is 11.3 Å². The van der Waals surface area contributed by atoms with Gasteiger partial charge in [-0.3, -0.25) is 4.90 Å². The van der Waals surface area contributed by atoms with Crippen LogP contribution in [0.4, 0.5) is 0 Å². The largest absolute Gasteiger partial charge is 0.387 e.